The van der Waals surface area contributed by atoms with Crippen LogP contribution in [0.25, 0.3) is 11.5 Å². The van der Waals surface area contributed by atoms with Gasteiger partial charge in [-0.2, -0.15) is 0 Å². The van der Waals surface area contributed by atoms with E-state index in [0.717, 1.165) is 30.5 Å². The molecular formula is C17H14FN3O6S2. The summed E-state index contributed by atoms with van der Waals surface area (Å²) in [5, 5.41) is 9.42. The first kappa shape index (κ1) is 20.6. The molecule has 1 aromatic heterocycles. The molecule has 0 atom stereocenters. The topological polar surface area (TPSA) is 136 Å². The van der Waals surface area contributed by atoms with E-state index in [2.05, 4.69) is 15.5 Å². The number of sulfone groups is 2. The summed E-state index contributed by atoms with van der Waals surface area (Å²) >= 11 is 0. The van der Waals surface area contributed by atoms with E-state index in [4.69, 9.17) is 4.42 Å². The Morgan fingerprint density at radius 2 is 1.69 bits per heavy atom. The number of carbonyl (C=O) groups is 1. The average Bonchev–Trinajstić information content (AvgIpc) is 3.09. The van der Waals surface area contributed by atoms with Crippen LogP contribution in [-0.4, -0.2) is 44.9 Å². The SMILES string of the molecule is CS(=O)(=O)c1ccccc1-c1nnc(NC(=O)CS(=O)(=O)c2ccc(F)cc2)o1. The molecule has 12 heteroatoms. The highest BCUT2D eigenvalue weighted by Gasteiger charge is 2.22. The number of rotatable bonds is 6. The minimum atomic E-state index is -4.02. The van der Waals surface area contributed by atoms with Crippen molar-refractivity contribution in [2.24, 2.45) is 0 Å². The fraction of sp³-hybridized carbons (Fsp3) is 0.118. The largest absolute Gasteiger partial charge is 0.403 e. The number of aromatic nitrogens is 2. The van der Waals surface area contributed by atoms with Crippen LogP contribution in [0.2, 0.25) is 0 Å². The van der Waals surface area contributed by atoms with Gasteiger partial charge < -0.3 is 4.42 Å². The van der Waals surface area contributed by atoms with Crippen LogP contribution in [0.1, 0.15) is 0 Å². The number of anilines is 1. The first-order valence-electron chi connectivity index (χ1n) is 7.97. The van der Waals surface area contributed by atoms with Crippen molar-refractivity contribution in [2.75, 3.05) is 17.3 Å². The van der Waals surface area contributed by atoms with E-state index in [1.165, 1.54) is 18.2 Å². The van der Waals surface area contributed by atoms with E-state index >= 15 is 0 Å². The number of carbonyl (C=O) groups excluding carboxylic acids is 1. The van der Waals surface area contributed by atoms with Crippen LogP contribution >= 0.6 is 0 Å². The quantitative estimate of drug-likeness (QED) is 0.573. The predicted molar refractivity (Wildman–Crippen MR) is 99.9 cm³/mol. The molecular weight excluding hydrogens is 425 g/mol. The van der Waals surface area contributed by atoms with Crippen LogP contribution in [-0.2, 0) is 24.5 Å². The molecule has 0 saturated heterocycles. The van der Waals surface area contributed by atoms with Crippen molar-refractivity contribution in [1.29, 1.82) is 0 Å². The Balaban J connectivity index is 1.77. The molecule has 1 heterocycles. The van der Waals surface area contributed by atoms with E-state index in [-0.39, 0.29) is 21.2 Å². The Bertz CT molecular complexity index is 1270. The Kier molecular flexibility index (Phi) is 5.48. The van der Waals surface area contributed by atoms with Gasteiger partial charge >= 0.3 is 6.01 Å². The summed E-state index contributed by atoms with van der Waals surface area (Å²) in [6, 6.07) is 9.54. The molecule has 0 saturated carbocycles. The minimum Gasteiger partial charge on any atom is -0.403 e. The van der Waals surface area contributed by atoms with Crippen molar-refractivity contribution < 1.29 is 30.4 Å². The van der Waals surface area contributed by atoms with Crippen LogP contribution in [0.5, 0.6) is 0 Å². The van der Waals surface area contributed by atoms with Gasteiger partial charge in [0, 0.05) is 6.26 Å². The lowest BCUT2D eigenvalue weighted by Gasteiger charge is -2.04. The smallest absolute Gasteiger partial charge is 0.322 e. The molecule has 0 aliphatic carbocycles. The maximum atomic E-state index is 12.9. The van der Waals surface area contributed by atoms with Gasteiger partial charge in [-0.15, -0.1) is 5.10 Å². The van der Waals surface area contributed by atoms with E-state index in [1.807, 2.05) is 0 Å². The van der Waals surface area contributed by atoms with Crippen molar-refractivity contribution >= 4 is 31.6 Å². The number of nitrogens with one attached hydrogen (secondary N) is 1. The van der Waals surface area contributed by atoms with Gasteiger partial charge in [0.25, 0.3) is 5.89 Å². The summed E-state index contributed by atoms with van der Waals surface area (Å²) in [6.07, 6.45) is 1.02. The number of hydrogen-bond acceptors (Lipinski definition) is 8. The highest BCUT2D eigenvalue weighted by molar-refractivity contribution is 7.92. The van der Waals surface area contributed by atoms with Gasteiger partial charge in [-0.25, -0.2) is 21.2 Å². The van der Waals surface area contributed by atoms with Crippen molar-refractivity contribution in [3.63, 3.8) is 0 Å². The number of amides is 1. The van der Waals surface area contributed by atoms with Crippen LogP contribution in [0, 0.1) is 5.82 Å². The van der Waals surface area contributed by atoms with Gasteiger partial charge in [0.2, 0.25) is 5.91 Å². The molecule has 3 rings (SSSR count). The van der Waals surface area contributed by atoms with E-state index in [9.17, 15) is 26.0 Å². The lowest BCUT2D eigenvalue weighted by atomic mass is 10.2. The third kappa shape index (κ3) is 4.84. The maximum absolute atomic E-state index is 12.9. The van der Waals surface area contributed by atoms with Crippen LogP contribution in [0.3, 0.4) is 0 Å². The monoisotopic (exact) mass is 439 g/mol. The summed E-state index contributed by atoms with van der Waals surface area (Å²) in [6.45, 7) is 0. The van der Waals surface area contributed by atoms with Gasteiger partial charge in [0.1, 0.15) is 11.6 Å². The Hall–Kier alpha value is -3.12. The highest BCUT2D eigenvalue weighted by Crippen LogP contribution is 2.27. The van der Waals surface area contributed by atoms with Crippen LogP contribution in [0.4, 0.5) is 10.4 Å². The molecule has 0 fully saturated rings. The van der Waals surface area contributed by atoms with Crippen molar-refractivity contribution in [3.05, 3.63) is 54.3 Å². The van der Waals surface area contributed by atoms with E-state index in [1.54, 1.807) is 6.07 Å². The van der Waals surface area contributed by atoms with Crippen LogP contribution in [0.15, 0.2) is 62.7 Å². The summed E-state index contributed by atoms with van der Waals surface area (Å²) < 4.78 is 66.3. The standard InChI is InChI=1S/C17H14FN3O6S2/c1-28(23,24)14-5-3-2-4-13(14)16-20-21-17(27-16)19-15(22)10-29(25,26)12-8-6-11(18)7-9-12/h2-9H,10H2,1H3,(H,19,21,22). The van der Waals surface area contributed by atoms with Gasteiger partial charge in [-0.05, 0) is 36.4 Å². The molecule has 0 bridgehead atoms. The van der Waals surface area contributed by atoms with Crippen molar-refractivity contribution in [3.8, 4) is 11.5 Å². The van der Waals surface area contributed by atoms with E-state index in [0.29, 0.717) is 0 Å². The second-order valence-corrected chi connectivity index (χ2v) is 9.92. The summed E-state index contributed by atoms with van der Waals surface area (Å²) in [5.41, 5.74) is 0.141. The molecule has 1 amide bonds. The fourth-order valence-corrected chi connectivity index (χ4v) is 4.42. The third-order valence-corrected chi connectivity index (χ3v) is 6.47. The predicted octanol–water partition coefficient (Wildman–Crippen LogP) is 1.69. The lowest BCUT2D eigenvalue weighted by Crippen LogP contribution is -2.23. The Morgan fingerprint density at radius 3 is 2.34 bits per heavy atom. The zero-order valence-electron chi connectivity index (χ0n) is 14.9. The summed E-state index contributed by atoms with van der Waals surface area (Å²) in [5.74, 6) is -2.67. The Labute approximate surface area is 165 Å². The average molecular weight is 439 g/mol. The highest BCUT2D eigenvalue weighted by atomic mass is 32.2. The molecule has 0 radical (unpaired) electrons. The molecule has 9 nitrogen and oxygen atoms in total. The zero-order chi connectivity index (χ0) is 21.2. The molecule has 3 aromatic rings. The number of hydrogen-bond donors (Lipinski definition) is 1. The minimum absolute atomic E-state index is 0.0413. The normalized spacial score (nSPS) is 11.9. The number of halogens is 1. The van der Waals surface area contributed by atoms with Crippen LogP contribution < -0.4 is 5.32 Å². The molecule has 0 aliphatic heterocycles. The second kappa shape index (κ2) is 7.72. The molecule has 2 aromatic carbocycles. The Morgan fingerprint density at radius 1 is 1.03 bits per heavy atom. The molecule has 152 valence electrons. The lowest BCUT2D eigenvalue weighted by molar-refractivity contribution is -0.114. The molecule has 0 aliphatic rings. The van der Waals surface area contributed by atoms with Gasteiger partial charge in [-0.1, -0.05) is 17.2 Å². The van der Waals surface area contributed by atoms with Crippen molar-refractivity contribution in [1.82, 2.24) is 10.2 Å². The zero-order valence-corrected chi connectivity index (χ0v) is 16.5. The second-order valence-electron chi connectivity index (χ2n) is 5.94. The number of nitrogens with zero attached hydrogens (tertiary/aromatic N) is 2. The first-order valence-corrected chi connectivity index (χ1v) is 11.5. The van der Waals surface area contributed by atoms with Gasteiger partial charge in [0.15, 0.2) is 19.7 Å². The first-order chi connectivity index (χ1) is 13.6. The van der Waals surface area contributed by atoms with E-state index < -0.39 is 43.2 Å². The van der Waals surface area contributed by atoms with Gasteiger partial charge in [0.05, 0.1) is 15.4 Å². The number of benzene rings is 2. The maximum Gasteiger partial charge on any atom is 0.322 e. The fourth-order valence-electron chi connectivity index (χ4n) is 2.40. The third-order valence-electron chi connectivity index (χ3n) is 3.68. The molecule has 29 heavy (non-hydrogen) atoms. The molecule has 1 N–H and O–H groups in total. The van der Waals surface area contributed by atoms with Crippen molar-refractivity contribution in [2.45, 2.75) is 9.79 Å². The summed E-state index contributed by atoms with van der Waals surface area (Å²) in [4.78, 5) is 11.8. The van der Waals surface area contributed by atoms with Gasteiger partial charge in [-0.3, -0.25) is 10.1 Å². The molecule has 0 unspecified atom stereocenters. The molecule has 0 spiro atoms. The summed E-state index contributed by atoms with van der Waals surface area (Å²) in [7, 11) is -7.59.